The highest BCUT2D eigenvalue weighted by molar-refractivity contribution is 6.30. The third-order valence-corrected chi connectivity index (χ3v) is 6.26. The van der Waals surface area contributed by atoms with Crippen LogP contribution in [0.3, 0.4) is 0 Å². The summed E-state index contributed by atoms with van der Waals surface area (Å²) in [6.45, 7) is 2.16. The van der Waals surface area contributed by atoms with Crippen molar-refractivity contribution in [2.24, 2.45) is 0 Å². The van der Waals surface area contributed by atoms with Crippen molar-refractivity contribution < 1.29 is 27.4 Å². The highest BCUT2D eigenvalue weighted by atomic mass is 35.5. The number of halogens is 4. The molecule has 0 aliphatic carbocycles. The zero-order valence-electron chi connectivity index (χ0n) is 20.2. The molecule has 0 spiro atoms. The second kappa shape index (κ2) is 9.90. The molecule has 3 aromatic heterocycles. The zero-order chi connectivity index (χ0) is 27.0. The zero-order valence-corrected chi connectivity index (χ0v) is 20.9. The van der Waals surface area contributed by atoms with E-state index in [9.17, 15) is 18.0 Å². The summed E-state index contributed by atoms with van der Waals surface area (Å²) in [6, 6.07) is 14.0. The van der Waals surface area contributed by atoms with Crippen molar-refractivity contribution in [2.45, 2.75) is 19.5 Å². The molecule has 0 atom stereocenters. The lowest BCUT2D eigenvalue weighted by molar-refractivity contribution is -0.142. The standard InChI is InChI=1S/C26H21ClF3N5O3/c1-14-18(19-11-17(37-2)7-8-20(19)32-14)9-10-31-25(36)38-24-13-23-33-21(15-3-5-16(27)6-4-15)12-22(26(28,29)30)35(23)34-24/h3-8,11-13,32H,9-10H2,1-2H3,(H,31,36). The van der Waals surface area contributed by atoms with E-state index in [4.69, 9.17) is 21.1 Å². The molecule has 0 aliphatic heterocycles. The van der Waals surface area contributed by atoms with Crippen LogP contribution in [0.5, 0.6) is 11.6 Å². The quantitative estimate of drug-likeness (QED) is 0.266. The van der Waals surface area contributed by atoms with Gasteiger partial charge in [0.1, 0.15) is 5.75 Å². The van der Waals surface area contributed by atoms with E-state index in [0.29, 0.717) is 27.3 Å². The number of aromatic amines is 1. The van der Waals surface area contributed by atoms with Crippen LogP contribution in [-0.4, -0.2) is 39.3 Å². The summed E-state index contributed by atoms with van der Waals surface area (Å²) in [5.41, 5.74) is 2.21. The van der Waals surface area contributed by atoms with Crippen molar-refractivity contribution in [1.82, 2.24) is 24.9 Å². The fraction of sp³-hybridized carbons (Fsp3) is 0.192. The van der Waals surface area contributed by atoms with E-state index in [2.05, 4.69) is 20.4 Å². The molecule has 0 aliphatic rings. The average molecular weight is 544 g/mol. The molecule has 5 rings (SSSR count). The lowest BCUT2D eigenvalue weighted by Gasteiger charge is -2.11. The summed E-state index contributed by atoms with van der Waals surface area (Å²) >= 11 is 5.89. The second-order valence-electron chi connectivity index (χ2n) is 8.49. The summed E-state index contributed by atoms with van der Waals surface area (Å²) in [6.07, 6.45) is -5.09. The van der Waals surface area contributed by atoms with Crippen LogP contribution in [0.1, 0.15) is 17.0 Å². The molecule has 0 unspecified atom stereocenters. The van der Waals surface area contributed by atoms with Gasteiger partial charge in [0.2, 0.25) is 5.88 Å². The van der Waals surface area contributed by atoms with Crippen LogP contribution in [0.2, 0.25) is 5.02 Å². The van der Waals surface area contributed by atoms with Crippen LogP contribution in [-0.2, 0) is 12.6 Å². The predicted octanol–water partition coefficient (Wildman–Crippen LogP) is 6.20. The van der Waals surface area contributed by atoms with Gasteiger partial charge in [-0.25, -0.2) is 14.3 Å². The molecular formula is C26H21ClF3N5O3. The fourth-order valence-corrected chi connectivity index (χ4v) is 4.33. The molecule has 3 heterocycles. The van der Waals surface area contributed by atoms with Gasteiger partial charge in [-0.1, -0.05) is 23.7 Å². The van der Waals surface area contributed by atoms with Gasteiger partial charge in [0.15, 0.2) is 11.3 Å². The van der Waals surface area contributed by atoms with Gasteiger partial charge in [-0.05, 0) is 55.3 Å². The molecule has 38 heavy (non-hydrogen) atoms. The minimum Gasteiger partial charge on any atom is -0.497 e. The smallest absolute Gasteiger partial charge is 0.433 e. The lowest BCUT2D eigenvalue weighted by Crippen LogP contribution is -2.29. The topological polar surface area (TPSA) is 93.5 Å². The van der Waals surface area contributed by atoms with Crippen molar-refractivity contribution in [1.29, 1.82) is 0 Å². The van der Waals surface area contributed by atoms with Crippen LogP contribution in [0.15, 0.2) is 54.6 Å². The van der Waals surface area contributed by atoms with Gasteiger partial charge in [-0.15, -0.1) is 5.10 Å². The van der Waals surface area contributed by atoms with E-state index in [0.717, 1.165) is 28.2 Å². The first kappa shape index (κ1) is 25.4. The Bertz CT molecular complexity index is 1640. The number of hydrogen-bond donors (Lipinski definition) is 2. The number of ether oxygens (including phenoxy) is 2. The number of H-pyrrole nitrogens is 1. The van der Waals surface area contributed by atoms with Crippen molar-refractivity contribution in [3.63, 3.8) is 0 Å². The van der Waals surface area contributed by atoms with Gasteiger partial charge in [-0.2, -0.15) is 13.2 Å². The number of rotatable bonds is 6. The van der Waals surface area contributed by atoms with Crippen LogP contribution in [0.4, 0.5) is 18.0 Å². The molecule has 0 radical (unpaired) electrons. The molecule has 0 saturated heterocycles. The number of nitrogens with one attached hydrogen (secondary N) is 2. The summed E-state index contributed by atoms with van der Waals surface area (Å²) < 4.78 is 52.5. The second-order valence-corrected chi connectivity index (χ2v) is 8.93. The Hall–Kier alpha value is -4.25. The Kier molecular flexibility index (Phi) is 6.62. The molecule has 0 fully saturated rings. The summed E-state index contributed by atoms with van der Waals surface area (Å²) in [5.74, 6) is 0.393. The normalized spacial score (nSPS) is 11.7. The number of alkyl halides is 3. The molecule has 2 N–H and O–H groups in total. The number of carbonyl (C=O) groups is 1. The molecule has 0 bridgehead atoms. The maximum Gasteiger partial charge on any atom is 0.433 e. The van der Waals surface area contributed by atoms with Crippen molar-refractivity contribution in [3.05, 3.63) is 76.6 Å². The van der Waals surface area contributed by atoms with Gasteiger partial charge < -0.3 is 19.8 Å². The van der Waals surface area contributed by atoms with Gasteiger partial charge in [0.25, 0.3) is 0 Å². The van der Waals surface area contributed by atoms with Crippen molar-refractivity contribution >= 4 is 34.2 Å². The number of benzene rings is 2. The molecular weight excluding hydrogens is 523 g/mol. The van der Waals surface area contributed by atoms with Gasteiger partial charge in [0, 0.05) is 39.8 Å². The average Bonchev–Trinajstić information content (AvgIpc) is 3.42. The van der Waals surface area contributed by atoms with E-state index in [1.165, 1.54) is 6.07 Å². The van der Waals surface area contributed by atoms with E-state index in [-0.39, 0.29) is 23.8 Å². The fourth-order valence-electron chi connectivity index (χ4n) is 4.21. The molecule has 0 saturated carbocycles. The Morgan fingerprint density at radius 2 is 1.89 bits per heavy atom. The van der Waals surface area contributed by atoms with E-state index in [1.807, 2.05) is 25.1 Å². The van der Waals surface area contributed by atoms with Crippen molar-refractivity contribution in [2.75, 3.05) is 13.7 Å². The minimum atomic E-state index is -4.73. The predicted molar refractivity (Wildman–Crippen MR) is 136 cm³/mol. The number of aromatic nitrogens is 4. The maximum absolute atomic E-state index is 13.8. The summed E-state index contributed by atoms with van der Waals surface area (Å²) in [4.78, 5) is 20.0. The molecule has 1 amide bonds. The van der Waals surface area contributed by atoms with Gasteiger partial charge in [-0.3, -0.25) is 0 Å². The molecule has 5 aromatic rings. The van der Waals surface area contributed by atoms with E-state index < -0.39 is 18.0 Å². The van der Waals surface area contributed by atoms with Crippen LogP contribution >= 0.6 is 11.6 Å². The first-order chi connectivity index (χ1) is 18.1. The van der Waals surface area contributed by atoms with Gasteiger partial charge in [0.05, 0.1) is 12.8 Å². The number of amides is 1. The number of fused-ring (bicyclic) bond motifs is 2. The Morgan fingerprint density at radius 1 is 1.13 bits per heavy atom. The van der Waals surface area contributed by atoms with Crippen LogP contribution in [0.25, 0.3) is 27.8 Å². The molecule has 8 nitrogen and oxygen atoms in total. The highest BCUT2D eigenvalue weighted by Gasteiger charge is 2.35. The first-order valence-corrected chi connectivity index (χ1v) is 11.8. The lowest BCUT2D eigenvalue weighted by atomic mass is 10.1. The number of methoxy groups -OCH3 is 1. The number of nitrogens with zero attached hydrogens (tertiary/aromatic N) is 3. The molecule has 12 heteroatoms. The Morgan fingerprint density at radius 3 is 2.61 bits per heavy atom. The third-order valence-electron chi connectivity index (χ3n) is 6.00. The number of hydrogen-bond acceptors (Lipinski definition) is 5. The van der Waals surface area contributed by atoms with E-state index in [1.54, 1.807) is 31.4 Å². The highest BCUT2D eigenvalue weighted by Crippen LogP contribution is 2.33. The largest absolute Gasteiger partial charge is 0.497 e. The van der Waals surface area contributed by atoms with Crippen molar-refractivity contribution in [3.8, 4) is 22.9 Å². The third kappa shape index (κ3) is 5.10. The number of carbonyl (C=O) groups excluding carboxylic acids is 1. The van der Waals surface area contributed by atoms with Gasteiger partial charge >= 0.3 is 12.3 Å². The van der Waals surface area contributed by atoms with Crippen LogP contribution in [0, 0.1) is 6.92 Å². The van der Waals surface area contributed by atoms with Crippen LogP contribution < -0.4 is 14.8 Å². The minimum absolute atomic E-state index is 0.0723. The summed E-state index contributed by atoms with van der Waals surface area (Å²) in [7, 11) is 1.59. The molecule has 196 valence electrons. The Balaban J connectivity index is 1.33. The summed E-state index contributed by atoms with van der Waals surface area (Å²) in [5, 5.41) is 7.84. The number of aryl methyl sites for hydroxylation is 1. The SMILES string of the molecule is COc1ccc2[nH]c(C)c(CCNC(=O)Oc3cc4nc(-c5ccc(Cl)cc5)cc(C(F)(F)F)n4n3)c2c1. The van der Waals surface area contributed by atoms with E-state index >= 15 is 0 Å². The Labute approximate surface area is 219 Å². The maximum atomic E-state index is 13.8. The first-order valence-electron chi connectivity index (χ1n) is 11.5. The monoisotopic (exact) mass is 543 g/mol. The molecule has 2 aromatic carbocycles.